The molecule has 0 radical (unpaired) electrons. The third-order valence-electron chi connectivity index (χ3n) is 3.65. The maximum absolute atomic E-state index is 12.3. The van der Waals surface area contributed by atoms with E-state index in [9.17, 15) is 4.79 Å². The quantitative estimate of drug-likeness (QED) is 0.837. The zero-order chi connectivity index (χ0) is 14.6. The Hall–Kier alpha value is -1.23. The Bertz CT molecular complexity index is 480. The molecule has 0 bridgehead atoms. The van der Waals surface area contributed by atoms with E-state index in [1.165, 1.54) is 0 Å². The summed E-state index contributed by atoms with van der Waals surface area (Å²) in [6.07, 6.45) is 1.15. The molecule has 1 heterocycles. The largest absolute Gasteiger partial charge is 0.485 e. The van der Waals surface area contributed by atoms with Gasteiger partial charge in [0.05, 0.1) is 0 Å². The monoisotopic (exact) mass is 341 g/mol. The summed E-state index contributed by atoms with van der Waals surface area (Å²) in [5.41, 5.74) is -0.221. The first-order chi connectivity index (χ1) is 9.58. The van der Waals surface area contributed by atoms with Crippen molar-refractivity contribution in [1.82, 2.24) is 5.32 Å². The minimum absolute atomic E-state index is 0.121. The highest BCUT2D eigenvalue weighted by molar-refractivity contribution is 9.09. The van der Waals surface area contributed by atoms with Crippen LogP contribution in [0.3, 0.4) is 0 Å². The molecule has 2 atom stereocenters. The topological polar surface area (TPSA) is 47.6 Å². The number of benzene rings is 1. The van der Waals surface area contributed by atoms with Crippen molar-refractivity contribution >= 4 is 21.8 Å². The van der Waals surface area contributed by atoms with Crippen molar-refractivity contribution < 1.29 is 14.3 Å². The minimum atomic E-state index is -0.592. The van der Waals surface area contributed by atoms with Gasteiger partial charge in [0.25, 0.3) is 5.91 Å². The van der Waals surface area contributed by atoms with Crippen LogP contribution in [0.2, 0.25) is 0 Å². The van der Waals surface area contributed by atoms with Gasteiger partial charge in [0.15, 0.2) is 11.5 Å². The van der Waals surface area contributed by atoms with Crippen molar-refractivity contribution in [1.29, 1.82) is 0 Å². The molecular weight excluding hydrogens is 322 g/mol. The zero-order valence-electron chi connectivity index (χ0n) is 11.8. The van der Waals surface area contributed by atoms with Crippen LogP contribution < -0.4 is 14.8 Å². The summed E-state index contributed by atoms with van der Waals surface area (Å²) in [5.74, 6) is 1.19. The van der Waals surface area contributed by atoms with E-state index >= 15 is 0 Å². The fourth-order valence-electron chi connectivity index (χ4n) is 2.06. The average molecular weight is 342 g/mol. The van der Waals surface area contributed by atoms with E-state index in [0.717, 1.165) is 18.2 Å². The normalized spacial score (nSPS) is 20.1. The zero-order valence-corrected chi connectivity index (χ0v) is 13.4. The molecule has 1 aromatic rings. The lowest BCUT2D eigenvalue weighted by molar-refractivity contribution is -0.132. The van der Waals surface area contributed by atoms with Crippen LogP contribution in [0.15, 0.2) is 24.3 Å². The van der Waals surface area contributed by atoms with Crippen molar-refractivity contribution in [3.63, 3.8) is 0 Å². The molecule has 1 aliphatic rings. The number of ether oxygens (including phenoxy) is 2. The standard InChI is InChI=1S/C15H20BrNO3/c1-3-15(2,8-9-16)17-14(18)13-10-19-11-6-4-5-7-12(11)20-13/h4-7,13H,3,8-10H2,1-2H3,(H,17,18). The second-order valence-electron chi connectivity index (χ2n) is 5.21. The Morgan fingerprint density at radius 2 is 2.15 bits per heavy atom. The summed E-state index contributed by atoms with van der Waals surface area (Å²) in [6.45, 7) is 4.36. The van der Waals surface area contributed by atoms with Crippen LogP contribution in [0.1, 0.15) is 26.7 Å². The molecule has 5 heteroatoms. The molecule has 1 aliphatic heterocycles. The number of para-hydroxylation sites is 2. The summed E-state index contributed by atoms with van der Waals surface area (Å²) in [4.78, 5) is 12.3. The summed E-state index contributed by atoms with van der Waals surface area (Å²) in [7, 11) is 0. The van der Waals surface area contributed by atoms with E-state index in [-0.39, 0.29) is 18.1 Å². The van der Waals surface area contributed by atoms with Gasteiger partial charge in [-0.05, 0) is 31.9 Å². The Balaban J connectivity index is 2.01. The second kappa shape index (κ2) is 6.48. The van der Waals surface area contributed by atoms with Crippen LogP contribution in [0.5, 0.6) is 11.5 Å². The van der Waals surface area contributed by atoms with E-state index in [0.29, 0.717) is 11.5 Å². The maximum atomic E-state index is 12.3. The number of alkyl halides is 1. The van der Waals surface area contributed by atoms with Gasteiger partial charge in [-0.2, -0.15) is 0 Å². The minimum Gasteiger partial charge on any atom is -0.485 e. The summed E-state index contributed by atoms with van der Waals surface area (Å²) < 4.78 is 11.3. The predicted molar refractivity (Wildman–Crippen MR) is 81.6 cm³/mol. The lowest BCUT2D eigenvalue weighted by atomic mass is 9.95. The van der Waals surface area contributed by atoms with Crippen LogP contribution in [-0.2, 0) is 4.79 Å². The van der Waals surface area contributed by atoms with E-state index in [1.807, 2.05) is 31.2 Å². The van der Waals surface area contributed by atoms with Gasteiger partial charge in [0.1, 0.15) is 6.61 Å². The Kier molecular flexibility index (Phi) is 4.91. The fourth-order valence-corrected chi connectivity index (χ4v) is 2.94. The molecule has 20 heavy (non-hydrogen) atoms. The number of hydrogen-bond donors (Lipinski definition) is 1. The molecule has 0 saturated heterocycles. The first-order valence-electron chi connectivity index (χ1n) is 6.84. The molecule has 1 aromatic carbocycles. The molecule has 4 nitrogen and oxygen atoms in total. The molecule has 110 valence electrons. The highest BCUT2D eigenvalue weighted by Gasteiger charge is 2.32. The van der Waals surface area contributed by atoms with Gasteiger partial charge >= 0.3 is 0 Å². The van der Waals surface area contributed by atoms with E-state index in [4.69, 9.17) is 9.47 Å². The Morgan fingerprint density at radius 1 is 1.45 bits per heavy atom. The number of carbonyl (C=O) groups is 1. The molecule has 2 unspecified atom stereocenters. The van der Waals surface area contributed by atoms with Crippen molar-refractivity contribution in [3.8, 4) is 11.5 Å². The maximum Gasteiger partial charge on any atom is 0.265 e. The van der Waals surface area contributed by atoms with Crippen LogP contribution in [0.4, 0.5) is 0 Å². The predicted octanol–water partition coefficient (Wildman–Crippen LogP) is 2.90. The van der Waals surface area contributed by atoms with Gasteiger partial charge < -0.3 is 14.8 Å². The van der Waals surface area contributed by atoms with Crippen LogP contribution in [0, 0.1) is 0 Å². The smallest absolute Gasteiger partial charge is 0.265 e. The van der Waals surface area contributed by atoms with Crippen molar-refractivity contribution in [2.24, 2.45) is 0 Å². The number of rotatable bonds is 5. The molecule has 0 saturated carbocycles. The Labute approximate surface area is 128 Å². The lowest BCUT2D eigenvalue weighted by Gasteiger charge is -2.32. The number of amides is 1. The van der Waals surface area contributed by atoms with Gasteiger partial charge in [0, 0.05) is 10.9 Å². The summed E-state index contributed by atoms with van der Waals surface area (Å²) in [6, 6.07) is 7.40. The van der Waals surface area contributed by atoms with E-state index < -0.39 is 6.10 Å². The average Bonchev–Trinajstić information content (AvgIpc) is 2.47. The number of carbonyl (C=O) groups excluding carboxylic acids is 1. The first-order valence-corrected chi connectivity index (χ1v) is 7.96. The molecule has 0 aliphatic carbocycles. The molecule has 1 amide bonds. The summed E-state index contributed by atoms with van der Waals surface area (Å²) >= 11 is 3.43. The third kappa shape index (κ3) is 3.45. The third-order valence-corrected chi connectivity index (χ3v) is 4.05. The van der Waals surface area contributed by atoms with Crippen LogP contribution in [-0.4, -0.2) is 29.5 Å². The van der Waals surface area contributed by atoms with E-state index in [1.54, 1.807) is 0 Å². The van der Waals surface area contributed by atoms with Crippen molar-refractivity contribution in [2.75, 3.05) is 11.9 Å². The molecular formula is C15H20BrNO3. The van der Waals surface area contributed by atoms with Crippen LogP contribution >= 0.6 is 15.9 Å². The fraction of sp³-hybridized carbons (Fsp3) is 0.533. The molecule has 0 aromatic heterocycles. The second-order valence-corrected chi connectivity index (χ2v) is 6.00. The number of hydrogen-bond acceptors (Lipinski definition) is 3. The molecule has 2 rings (SSSR count). The summed E-state index contributed by atoms with van der Waals surface area (Å²) in [5, 5.41) is 3.92. The highest BCUT2D eigenvalue weighted by atomic mass is 79.9. The van der Waals surface area contributed by atoms with Gasteiger partial charge in [0.2, 0.25) is 6.10 Å². The van der Waals surface area contributed by atoms with Crippen molar-refractivity contribution in [2.45, 2.75) is 38.3 Å². The molecule has 1 N–H and O–H groups in total. The van der Waals surface area contributed by atoms with Gasteiger partial charge in [-0.3, -0.25) is 4.79 Å². The molecule has 0 fully saturated rings. The Morgan fingerprint density at radius 3 is 2.80 bits per heavy atom. The highest BCUT2D eigenvalue weighted by Crippen LogP contribution is 2.31. The number of nitrogens with one attached hydrogen (secondary N) is 1. The van der Waals surface area contributed by atoms with Gasteiger partial charge in [-0.1, -0.05) is 35.0 Å². The van der Waals surface area contributed by atoms with Crippen LogP contribution in [0.25, 0.3) is 0 Å². The SMILES string of the molecule is CCC(C)(CCBr)NC(=O)C1COc2ccccc2O1. The first kappa shape index (κ1) is 15.2. The van der Waals surface area contributed by atoms with Gasteiger partial charge in [-0.15, -0.1) is 0 Å². The number of fused-ring (bicyclic) bond motifs is 1. The number of halogens is 1. The van der Waals surface area contributed by atoms with E-state index in [2.05, 4.69) is 28.2 Å². The lowest BCUT2D eigenvalue weighted by Crippen LogP contribution is -2.53. The van der Waals surface area contributed by atoms with Crippen molar-refractivity contribution in [3.05, 3.63) is 24.3 Å². The molecule has 0 spiro atoms. The van der Waals surface area contributed by atoms with Gasteiger partial charge in [-0.25, -0.2) is 0 Å².